The van der Waals surface area contributed by atoms with Crippen molar-refractivity contribution in [1.29, 1.82) is 0 Å². The Balaban J connectivity index is 1.61. The molecular weight excluding hydrogens is 489 g/mol. The average molecular weight is 502 g/mol. The molecule has 0 fully saturated rings. The molecule has 0 aliphatic carbocycles. The number of amides is 1. The number of carbonyl (C=O) groups excluding carboxylic acids is 1. The second kappa shape index (κ2) is 8.48. The van der Waals surface area contributed by atoms with Gasteiger partial charge in [-0.25, -0.2) is 0 Å². The first-order valence-corrected chi connectivity index (χ1v) is 10.6. The summed E-state index contributed by atoms with van der Waals surface area (Å²) < 4.78 is 1.72. The third-order valence-electron chi connectivity index (χ3n) is 3.27. The van der Waals surface area contributed by atoms with E-state index >= 15 is 0 Å². The van der Waals surface area contributed by atoms with Crippen LogP contribution in [-0.2, 0) is 5.75 Å². The Morgan fingerprint density at radius 1 is 1.24 bits per heavy atom. The molecule has 1 amide bonds. The van der Waals surface area contributed by atoms with Crippen LogP contribution < -0.4 is 5.32 Å². The number of hydrogen-bond acceptors (Lipinski definition) is 5. The van der Waals surface area contributed by atoms with Gasteiger partial charge in [-0.1, -0.05) is 58.5 Å². The van der Waals surface area contributed by atoms with Crippen molar-refractivity contribution in [2.45, 2.75) is 17.0 Å². The van der Waals surface area contributed by atoms with E-state index in [1.54, 1.807) is 11.8 Å². The minimum Gasteiger partial charge on any atom is -0.296 e. The number of benzene rings is 2. The van der Waals surface area contributed by atoms with Crippen LogP contribution in [0, 0.1) is 10.5 Å². The van der Waals surface area contributed by atoms with E-state index in [0.717, 1.165) is 29.8 Å². The first-order chi connectivity index (χ1) is 12.0. The lowest BCUT2D eigenvalue weighted by Crippen LogP contribution is -2.13. The highest BCUT2D eigenvalue weighted by molar-refractivity contribution is 14.1. The van der Waals surface area contributed by atoms with Gasteiger partial charge in [0, 0.05) is 14.3 Å². The summed E-state index contributed by atoms with van der Waals surface area (Å²) in [6, 6.07) is 13.4. The van der Waals surface area contributed by atoms with E-state index in [-0.39, 0.29) is 5.91 Å². The van der Waals surface area contributed by atoms with Gasteiger partial charge >= 0.3 is 0 Å². The van der Waals surface area contributed by atoms with Gasteiger partial charge < -0.3 is 0 Å². The topological polar surface area (TPSA) is 54.9 Å². The number of aryl methyl sites for hydroxylation is 1. The van der Waals surface area contributed by atoms with Crippen molar-refractivity contribution < 1.29 is 4.79 Å². The second-order valence-electron chi connectivity index (χ2n) is 5.23. The minimum absolute atomic E-state index is 0.171. The molecule has 0 spiro atoms. The number of anilines is 1. The Hall–Kier alpha value is -1.16. The van der Waals surface area contributed by atoms with E-state index in [0.29, 0.717) is 10.7 Å². The van der Waals surface area contributed by atoms with Crippen LogP contribution in [0.5, 0.6) is 0 Å². The highest BCUT2D eigenvalue weighted by atomic mass is 127. The lowest BCUT2D eigenvalue weighted by atomic mass is 10.1. The maximum absolute atomic E-state index is 12.4. The maximum atomic E-state index is 12.4. The molecule has 0 saturated heterocycles. The average Bonchev–Trinajstić information content (AvgIpc) is 3.01. The quantitative estimate of drug-likeness (QED) is 0.279. The van der Waals surface area contributed by atoms with Crippen LogP contribution in [0.4, 0.5) is 5.13 Å². The first-order valence-electron chi connectivity index (χ1n) is 7.29. The number of nitrogens with zero attached hydrogens (tertiary/aromatic N) is 2. The summed E-state index contributed by atoms with van der Waals surface area (Å²) in [5.74, 6) is 0.602. The van der Waals surface area contributed by atoms with Gasteiger partial charge in [-0.15, -0.1) is 10.2 Å². The summed E-state index contributed by atoms with van der Waals surface area (Å²) >= 11 is 11.0. The van der Waals surface area contributed by atoms with Gasteiger partial charge in [0.05, 0.1) is 5.56 Å². The summed E-state index contributed by atoms with van der Waals surface area (Å²) in [7, 11) is 0. The van der Waals surface area contributed by atoms with Crippen molar-refractivity contribution in [3.8, 4) is 0 Å². The number of halogens is 2. The molecule has 3 aromatic rings. The van der Waals surface area contributed by atoms with Crippen molar-refractivity contribution in [1.82, 2.24) is 10.2 Å². The van der Waals surface area contributed by atoms with Crippen LogP contribution in [0.2, 0.25) is 5.02 Å². The molecule has 0 atom stereocenters. The van der Waals surface area contributed by atoms with E-state index in [1.807, 2.05) is 49.4 Å². The van der Waals surface area contributed by atoms with E-state index in [2.05, 4.69) is 38.1 Å². The number of rotatable bonds is 5. The van der Waals surface area contributed by atoms with Gasteiger partial charge in [0.2, 0.25) is 5.13 Å². The predicted octanol–water partition coefficient (Wildman–Crippen LogP) is 5.65. The molecule has 128 valence electrons. The zero-order valence-corrected chi connectivity index (χ0v) is 17.7. The van der Waals surface area contributed by atoms with Crippen molar-refractivity contribution in [3.05, 3.63) is 67.7 Å². The van der Waals surface area contributed by atoms with Gasteiger partial charge in [0.15, 0.2) is 4.34 Å². The summed E-state index contributed by atoms with van der Waals surface area (Å²) in [4.78, 5) is 12.4. The smallest absolute Gasteiger partial charge is 0.258 e. The van der Waals surface area contributed by atoms with Gasteiger partial charge in [-0.05, 0) is 59.3 Å². The summed E-state index contributed by atoms with van der Waals surface area (Å²) in [5.41, 5.74) is 2.92. The van der Waals surface area contributed by atoms with Crippen LogP contribution in [0.3, 0.4) is 0 Å². The van der Waals surface area contributed by atoms with Crippen LogP contribution in [0.25, 0.3) is 0 Å². The molecule has 1 heterocycles. The third kappa shape index (κ3) is 5.16. The van der Waals surface area contributed by atoms with Crippen LogP contribution in [0.15, 0.2) is 46.8 Å². The Bertz CT molecular complexity index is 899. The third-order valence-corrected chi connectivity index (χ3v) is 6.46. The standard InChI is InChI=1S/C17H13ClIN3OS2/c1-10-2-7-13(14(19)8-10)15(23)20-16-21-22-17(25-16)24-9-11-3-5-12(18)6-4-11/h2-8H,9H2,1H3,(H,20,21,23). The Morgan fingerprint density at radius 2 is 2.00 bits per heavy atom. The Labute approximate surface area is 172 Å². The monoisotopic (exact) mass is 501 g/mol. The largest absolute Gasteiger partial charge is 0.296 e. The molecule has 0 unspecified atom stereocenters. The lowest BCUT2D eigenvalue weighted by Gasteiger charge is -2.04. The van der Waals surface area contributed by atoms with E-state index in [4.69, 9.17) is 11.6 Å². The second-order valence-corrected chi connectivity index (χ2v) is 9.02. The van der Waals surface area contributed by atoms with Crippen molar-refractivity contribution in [3.63, 3.8) is 0 Å². The number of nitrogens with one attached hydrogen (secondary N) is 1. The molecule has 25 heavy (non-hydrogen) atoms. The summed E-state index contributed by atoms with van der Waals surface area (Å²) in [5, 5.41) is 12.2. The molecule has 3 rings (SSSR count). The fourth-order valence-electron chi connectivity index (χ4n) is 2.01. The number of aromatic nitrogens is 2. The Kier molecular flexibility index (Phi) is 6.32. The zero-order valence-electron chi connectivity index (χ0n) is 13.1. The van der Waals surface area contributed by atoms with E-state index < -0.39 is 0 Å². The highest BCUT2D eigenvalue weighted by Gasteiger charge is 2.13. The van der Waals surface area contributed by atoms with Crippen LogP contribution in [-0.4, -0.2) is 16.1 Å². The minimum atomic E-state index is -0.171. The summed E-state index contributed by atoms with van der Waals surface area (Å²) in [6.45, 7) is 2.00. The van der Waals surface area contributed by atoms with Gasteiger partial charge in [-0.2, -0.15) is 0 Å². The van der Waals surface area contributed by atoms with Crippen molar-refractivity contribution in [2.75, 3.05) is 5.32 Å². The fraction of sp³-hybridized carbons (Fsp3) is 0.118. The van der Waals surface area contributed by atoms with Crippen LogP contribution >= 0.6 is 57.3 Å². The predicted molar refractivity (Wildman–Crippen MR) is 113 cm³/mol. The molecule has 0 radical (unpaired) electrons. The molecular formula is C17H13ClIN3OS2. The van der Waals surface area contributed by atoms with Crippen molar-refractivity contribution in [2.24, 2.45) is 0 Å². The SMILES string of the molecule is Cc1ccc(C(=O)Nc2nnc(SCc3ccc(Cl)cc3)s2)c(I)c1. The molecule has 1 N–H and O–H groups in total. The van der Waals surface area contributed by atoms with Gasteiger partial charge in [0.1, 0.15) is 0 Å². The number of hydrogen-bond donors (Lipinski definition) is 1. The first kappa shape index (κ1) is 18.6. The normalized spacial score (nSPS) is 10.7. The molecule has 1 aromatic heterocycles. The number of carbonyl (C=O) groups is 1. The molecule has 0 saturated carbocycles. The maximum Gasteiger partial charge on any atom is 0.258 e. The van der Waals surface area contributed by atoms with Crippen LogP contribution in [0.1, 0.15) is 21.5 Å². The zero-order chi connectivity index (χ0) is 17.8. The van der Waals surface area contributed by atoms with E-state index in [9.17, 15) is 4.79 Å². The number of thioether (sulfide) groups is 1. The highest BCUT2D eigenvalue weighted by Crippen LogP contribution is 2.29. The Morgan fingerprint density at radius 3 is 2.72 bits per heavy atom. The molecule has 0 bridgehead atoms. The molecule has 0 aliphatic heterocycles. The van der Waals surface area contributed by atoms with Gasteiger partial charge in [0.25, 0.3) is 5.91 Å². The van der Waals surface area contributed by atoms with E-state index in [1.165, 1.54) is 11.3 Å². The molecule has 2 aromatic carbocycles. The summed E-state index contributed by atoms with van der Waals surface area (Å²) in [6.07, 6.45) is 0. The molecule has 4 nitrogen and oxygen atoms in total. The molecule has 8 heteroatoms. The molecule has 0 aliphatic rings. The fourth-order valence-corrected chi connectivity index (χ4v) is 4.76. The lowest BCUT2D eigenvalue weighted by molar-refractivity contribution is 0.102. The van der Waals surface area contributed by atoms with Gasteiger partial charge in [-0.3, -0.25) is 10.1 Å². The van der Waals surface area contributed by atoms with Crippen molar-refractivity contribution >= 4 is 68.3 Å².